The van der Waals surface area contributed by atoms with E-state index < -0.39 is 5.41 Å². The lowest BCUT2D eigenvalue weighted by Crippen LogP contribution is -2.47. The van der Waals surface area contributed by atoms with Crippen molar-refractivity contribution in [2.24, 2.45) is 5.92 Å². The van der Waals surface area contributed by atoms with Crippen LogP contribution in [0.15, 0.2) is 65.5 Å². The number of likely N-dealkylation sites (tertiary alicyclic amines) is 2. The Morgan fingerprint density at radius 1 is 0.821 bits per heavy atom. The molecule has 2 N–H and O–H groups in total. The number of benzene rings is 3. The highest BCUT2D eigenvalue weighted by atomic mass is 35.5. The van der Waals surface area contributed by atoms with Gasteiger partial charge in [-0.1, -0.05) is 41.9 Å². The Morgan fingerprint density at radius 2 is 1.50 bits per heavy atom. The molecule has 11 heteroatoms. The Hall–Kier alpha value is -4.54. The van der Waals surface area contributed by atoms with Crippen molar-refractivity contribution in [3.63, 3.8) is 0 Å². The van der Waals surface area contributed by atoms with E-state index in [1.54, 1.807) is 6.07 Å². The van der Waals surface area contributed by atoms with Crippen LogP contribution in [0.5, 0.6) is 0 Å². The molecule has 3 amide bonds. The molecule has 4 aromatic rings. The van der Waals surface area contributed by atoms with Gasteiger partial charge in [-0.2, -0.15) is 4.98 Å². The van der Waals surface area contributed by atoms with Crippen molar-refractivity contribution in [3.8, 4) is 5.69 Å². The van der Waals surface area contributed by atoms with Gasteiger partial charge in [0.1, 0.15) is 11.9 Å². The number of carbonyl (C=O) groups is 3. The predicted molar refractivity (Wildman–Crippen MR) is 219 cm³/mol. The minimum atomic E-state index is -0.403. The number of imide groups is 1. The Morgan fingerprint density at radius 3 is 2.21 bits per heavy atom. The molecule has 1 aliphatic carbocycles. The fourth-order valence-corrected chi connectivity index (χ4v) is 10.6. The van der Waals surface area contributed by atoms with Gasteiger partial charge in [0.15, 0.2) is 0 Å². The van der Waals surface area contributed by atoms with E-state index in [9.17, 15) is 19.2 Å². The number of hydrogen-bond donors (Lipinski definition) is 2. The van der Waals surface area contributed by atoms with Crippen molar-refractivity contribution in [2.75, 3.05) is 31.5 Å². The van der Waals surface area contributed by atoms with Gasteiger partial charge in [-0.15, -0.1) is 0 Å². The van der Waals surface area contributed by atoms with Crippen LogP contribution in [0.25, 0.3) is 16.6 Å². The number of anilines is 1. The average Bonchev–Trinajstić information content (AvgIpc) is 3.44. The van der Waals surface area contributed by atoms with E-state index in [-0.39, 0.29) is 29.3 Å². The molecular formula is C45H51ClN6O4. The fourth-order valence-electron chi connectivity index (χ4n) is 10.4. The topological polar surface area (TPSA) is 117 Å². The quantitative estimate of drug-likeness (QED) is 0.202. The second-order valence-corrected chi connectivity index (χ2v) is 17.7. The van der Waals surface area contributed by atoms with E-state index in [0.717, 1.165) is 100 Å². The molecule has 3 aromatic carbocycles. The van der Waals surface area contributed by atoms with Crippen LogP contribution in [-0.4, -0.2) is 75.3 Å². The summed E-state index contributed by atoms with van der Waals surface area (Å²) >= 11 is 6.47. The summed E-state index contributed by atoms with van der Waals surface area (Å²) in [5.41, 5.74) is 5.94. The largest absolute Gasteiger partial charge is 0.374 e. The Labute approximate surface area is 333 Å². The van der Waals surface area contributed by atoms with Gasteiger partial charge in [0.25, 0.3) is 5.56 Å². The van der Waals surface area contributed by atoms with E-state index >= 15 is 0 Å². The number of rotatable bonds is 6. The maximum absolute atomic E-state index is 13.7. The normalized spacial score (nSPS) is 24.5. The number of aromatic nitrogens is 2. The van der Waals surface area contributed by atoms with Gasteiger partial charge in [-0.05, 0) is 144 Å². The van der Waals surface area contributed by atoms with Crippen LogP contribution in [0.2, 0.25) is 5.02 Å². The third-order valence-corrected chi connectivity index (χ3v) is 14.0. The molecule has 1 atom stereocenters. The van der Waals surface area contributed by atoms with Crippen LogP contribution in [0, 0.1) is 5.92 Å². The number of nitrogens with zero attached hydrogens (tertiary/aromatic N) is 4. The maximum atomic E-state index is 13.7. The van der Waals surface area contributed by atoms with Gasteiger partial charge in [0.05, 0.1) is 27.0 Å². The summed E-state index contributed by atoms with van der Waals surface area (Å²) < 4.78 is 2.13. The molecule has 10 nitrogen and oxygen atoms in total. The summed E-state index contributed by atoms with van der Waals surface area (Å²) in [6.07, 6.45) is 9.16. The van der Waals surface area contributed by atoms with Crippen molar-refractivity contribution in [1.82, 2.24) is 24.7 Å². The molecule has 0 spiro atoms. The maximum Gasteiger partial charge on any atom is 0.282 e. The molecule has 4 fully saturated rings. The smallest absolute Gasteiger partial charge is 0.282 e. The second-order valence-electron chi connectivity index (χ2n) is 17.3. The number of hydrogen-bond acceptors (Lipinski definition) is 7. The lowest BCUT2D eigenvalue weighted by atomic mass is 9.80. The van der Waals surface area contributed by atoms with Crippen molar-refractivity contribution in [3.05, 3.63) is 98.6 Å². The Kier molecular flexibility index (Phi) is 9.77. The molecule has 9 rings (SSSR count). The lowest BCUT2D eigenvalue weighted by Gasteiger charge is -2.42. The highest BCUT2D eigenvalue weighted by Gasteiger charge is 2.40. The number of piperidine rings is 3. The Balaban J connectivity index is 0.753. The van der Waals surface area contributed by atoms with Gasteiger partial charge >= 0.3 is 0 Å². The zero-order valence-corrected chi connectivity index (χ0v) is 33.1. The second kappa shape index (κ2) is 14.8. The molecule has 1 saturated carbocycles. The number of carbonyl (C=O) groups excluding carboxylic acids is 3. The van der Waals surface area contributed by atoms with Crippen molar-refractivity contribution < 1.29 is 14.4 Å². The fraction of sp³-hybridized carbons (Fsp3) is 0.489. The summed E-state index contributed by atoms with van der Waals surface area (Å²) in [5, 5.41) is 6.57. The molecule has 0 radical (unpaired) electrons. The molecule has 5 aliphatic rings. The number of nitrogens with one attached hydrogen (secondary N) is 2. The molecule has 3 saturated heterocycles. The zero-order valence-electron chi connectivity index (χ0n) is 32.4. The minimum absolute atomic E-state index is 0.134. The lowest BCUT2D eigenvalue weighted by molar-refractivity contribution is -0.138. The van der Waals surface area contributed by atoms with Crippen LogP contribution in [0.3, 0.4) is 0 Å². The summed E-state index contributed by atoms with van der Waals surface area (Å²) in [5.74, 6) is 1.69. The average molecular weight is 775 g/mol. The summed E-state index contributed by atoms with van der Waals surface area (Å²) in [4.78, 5) is 59.7. The van der Waals surface area contributed by atoms with Crippen LogP contribution < -0.4 is 16.2 Å². The van der Waals surface area contributed by atoms with Crippen molar-refractivity contribution >= 4 is 45.9 Å². The molecule has 56 heavy (non-hydrogen) atoms. The number of amides is 3. The SMILES string of the molecule is CC1(C)c2cc(C3CCN(C4CCC(C(=O)N5CCC(c6ccc(NC7CCC(=O)NC7=O)cc6)CC5)CC4)CC3)ccc2-n2c1nc(=O)c1c(Cl)cccc12. The van der Waals surface area contributed by atoms with E-state index in [1.165, 1.54) is 16.7 Å². The molecule has 5 heterocycles. The van der Waals surface area contributed by atoms with Crippen molar-refractivity contribution in [1.29, 1.82) is 0 Å². The first-order chi connectivity index (χ1) is 27.0. The van der Waals surface area contributed by atoms with E-state index in [1.807, 2.05) is 24.3 Å². The van der Waals surface area contributed by atoms with E-state index in [2.05, 4.69) is 74.2 Å². The van der Waals surface area contributed by atoms with Gasteiger partial charge < -0.3 is 15.1 Å². The van der Waals surface area contributed by atoms with Gasteiger partial charge in [0.2, 0.25) is 17.7 Å². The molecule has 1 unspecified atom stereocenters. The highest BCUT2D eigenvalue weighted by Crippen LogP contribution is 2.45. The third-order valence-electron chi connectivity index (χ3n) is 13.7. The van der Waals surface area contributed by atoms with Crippen molar-refractivity contribution in [2.45, 2.75) is 107 Å². The van der Waals surface area contributed by atoms with Crippen LogP contribution in [0.4, 0.5) is 5.69 Å². The van der Waals surface area contributed by atoms with Gasteiger partial charge in [-0.25, -0.2) is 0 Å². The van der Waals surface area contributed by atoms with Gasteiger partial charge in [-0.3, -0.25) is 29.1 Å². The monoisotopic (exact) mass is 774 g/mol. The molecule has 292 valence electrons. The molecule has 0 bridgehead atoms. The minimum Gasteiger partial charge on any atom is -0.374 e. The molecule has 1 aromatic heterocycles. The van der Waals surface area contributed by atoms with Gasteiger partial charge in [0, 0.05) is 37.2 Å². The van der Waals surface area contributed by atoms with Crippen LogP contribution in [0.1, 0.15) is 112 Å². The predicted octanol–water partition coefficient (Wildman–Crippen LogP) is 7.04. The third kappa shape index (κ3) is 6.72. The first-order valence-corrected chi connectivity index (χ1v) is 21.0. The Bertz CT molecular complexity index is 2250. The number of fused-ring (bicyclic) bond motifs is 5. The van der Waals surface area contributed by atoms with Crippen LogP contribution >= 0.6 is 11.6 Å². The first-order valence-electron chi connectivity index (χ1n) is 20.6. The standard InChI is InChI=1S/C45H51ClN6O4/c1-45(2)34-26-31(10-16-37(34)52-38-5-3-4-35(46)40(38)42(55)49-44(45)52)29-18-22-50(23-19-29)33-13-8-30(9-14-33)43(56)51-24-20-28(21-25-51)27-6-11-32(12-7-27)47-36-15-17-39(53)48-41(36)54/h3-7,10-12,16,26,28-30,33,36,47H,8-9,13-15,17-25H2,1-2H3,(H,48,53,54). The van der Waals surface area contributed by atoms with E-state index in [4.69, 9.17) is 11.6 Å². The first kappa shape index (κ1) is 37.1. The summed E-state index contributed by atoms with van der Waals surface area (Å²) in [6, 6.07) is 20.9. The highest BCUT2D eigenvalue weighted by molar-refractivity contribution is 6.35. The molecule has 4 aliphatic heterocycles. The van der Waals surface area contributed by atoms with E-state index in [0.29, 0.717) is 47.0 Å². The van der Waals surface area contributed by atoms with Crippen LogP contribution in [-0.2, 0) is 19.8 Å². The summed E-state index contributed by atoms with van der Waals surface area (Å²) in [7, 11) is 0. The number of halogens is 1. The zero-order chi connectivity index (χ0) is 38.7. The molecular weight excluding hydrogens is 724 g/mol. The summed E-state index contributed by atoms with van der Waals surface area (Å²) in [6.45, 7) is 8.09.